The second-order valence-corrected chi connectivity index (χ2v) is 3.97. The number of hydrogen-bond acceptors (Lipinski definition) is 4. The lowest BCUT2D eigenvalue weighted by atomic mass is 10.2. The Kier molecular flexibility index (Phi) is 3.39. The van der Waals surface area contributed by atoms with E-state index in [1.165, 1.54) is 6.92 Å². The van der Waals surface area contributed by atoms with Crippen molar-refractivity contribution < 1.29 is 22.4 Å². The maximum absolute atomic E-state index is 12.5. The molecule has 1 aliphatic heterocycles. The van der Waals surface area contributed by atoms with Crippen molar-refractivity contribution in [1.29, 1.82) is 0 Å². The van der Waals surface area contributed by atoms with E-state index in [9.17, 15) is 13.2 Å². The van der Waals surface area contributed by atoms with Gasteiger partial charge in [-0.15, -0.1) is 0 Å². The van der Waals surface area contributed by atoms with Crippen LogP contribution in [0.1, 0.15) is 17.0 Å². The molecule has 0 amide bonds. The van der Waals surface area contributed by atoms with Crippen LogP contribution in [0.5, 0.6) is 0 Å². The standard InChI is InChI=1S/C10H13F3N2O2/c1-7-8(6-15-2-4-16-5-3-15)17-14-9(7)10(11,12)13/h2-6H2,1H3. The van der Waals surface area contributed by atoms with Gasteiger partial charge < -0.3 is 9.26 Å². The quantitative estimate of drug-likeness (QED) is 0.802. The minimum absolute atomic E-state index is 0.0731. The van der Waals surface area contributed by atoms with E-state index < -0.39 is 11.9 Å². The maximum atomic E-state index is 12.5. The van der Waals surface area contributed by atoms with E-state index in [2.05, 4.69) is 5.16 Å². The van der Waals surface area contributed by atoms with Crippen LogP contribution in [0.25, 0.3) is 0 Å². The molecule has 1 aromatic heterocycles. The van der Waals surface area contributed by atoms with Gasteiger partial charge in [0, 0.05) is 18.7 Å². The van der Waals surface area contributed by atoms with Gasteiger partial charge in [-0.2, -0.15) is 13.2 Å². The summed E-state index contributed by atoms with van der Waals surface area (Å²) in [6, 6.07) is 0. The number of rotatable bonds is 2. The summed E-state index contributed by atoms with van der Waals surface area (Å²) in [6.45, 7) is 4.31. The zero-order valence-electron chi connectivity index (χ0n) is 9.38. The lowest BCUT2D eigenvalue weighted by molar-refractivity contribution is -0.143. The van der Waals surface area contributed by atoms with Gasteiger partial charge in [0.05, 0.1) is 19.8 Å². The number of morpholine rings is 1. The number of aromatic nitrogens is 1. The molecular weight excluding hydrogens is 237 g/mol. The zero-order chi connectivity index (χ0) is 12.5. The monoisotopic (exact) mass is 250 g/mol. The van der Waals surface area contributed by atoms with E-state index in [1.54, 1.807) is 0 Å². The number of hydrogen-bond donors (Lipinski definition) is 0. The smallest absolute Gasteiger partial charge is 0.379 e. The predicted octanol–water partition coefficient (Wildman–Crippen LogP) is 1.83. The molecule has 0 aliphatic carbocycles. The molecule has 0 aromatic carbocycles. The summed E-state index contributed by atoms with van der Waals surface area (Å²) in [4.78, 5) is 1.98. The first kappa shape index (κ1) is 12.4. The van der Waals surface area contributed by atoms with Gasteiger partial charge in [0.1, 0.15) is 0 Å². The van der Waals surface area contributed by atoms with Crippen LogP contribution in [0.3, 0.4) is 0 Å². The summed E-state index contributed by atoms with van der Waals surface area (Å²) in [5.74, 6) is 0.277. The molecule has 0 spiro atoms. The lowest BCUT2D eigenvalue weighted by Gasteiger charge is -2.25. The van der Waals surface area contributed by atoms with E-state index in [1.807, 2.05) is 4.90 Å². The molecular formula is C10H13F3N2O2. The molecule has 17 heavy (non-hydrogen) atoms. The number of alkyl halides is 3. The van der Waals surface area contributed by atoms with Gasteiger partial charge in [-0.25, -0.2) is 0 Å². The first-order valence-electron chi connectivity index (χ1n) is 5.31. The van der Waals surface area contributed by atoms with Crippen LogP contribution < -0.4 is 0 Å². The maximum Gasteiger partial charge on any atom is 0.437 e. The third-order valence-electron chi connectivity index (χ3n) is 2.76. The van der Waals surface area contributed by atoms with Gasteiger partial charge in [0.2, 0.25) is 0 Å². The van der Waals surface area contributed by atoms with Gasteiger partial charge >= 0.3 is 6.18 Å². The van der Waals surface area contributed by atoms with Crippen molar-refractivity contribution in [3.8, 4) is 0 Å². The molecule has 0 saturated carbocycles. The van der Waals surface area contributed by atoms with E-state index >= 15 is 0 Å². The van der Waals surface area contributed by atoms with Crippen molar-refractivity contribution in [1.82, 2.24) is 10.1 Å². The van der Waals surface area contributed by atoms with Crippen LogP contribution in [0.15, 0.2) is 4.52 Å². The first-order valence-corrected chi connectivity index (χ1v) is 5.31. The van der Waals surface area contributed by atoms with Crippen molar-refractivity contribution in [2.24, 2.45) is 0 Å². The number of halogens is 3. The largest absolute Gasteiger partial charge is 0.437 e. The fourth-order valence-corrected chi connectivity index (χ4v) is 1.74. The molecule has 2 rings (SSSR count). The van der Waals surface area contributed by atoms with Crippen LogP contribution in [-0.4, -0.2) is 36.4 Å². The summed E-state index contributed by atoms with van der Waals surface area (Å²) in [5, 5.41) is 3.09. The van der Waals surface area contributed by atoms with Gasteiger partial charge in [-0.1, -0.05) is 5.16 Å². The Hall–Kier alpha value is -1.08. The van der Waals surface area contributed by atoms with Gasteiger partial charge in [-0.05, 0) is 6.92 Å². The zero-order valence-corrected chi connectivity index (χ0v) is 9.38. The van der Waals surface area contributed by atoms with Crippen molar-refractivity contribution in [2.75, 3.05) is 26.3 Å². The highest BCUT2D eigenvalue weighted by molar-refractivity contribution is 5.23. The molecule has 2 heterocycles. The average Bonchev–Trinajstić information content (AvgIpc) is 2.61. The van der Waals surface area contributed by atoms with E-state index in [0.717, 1.165) is 0 Å². The number of ether oxygens (including phenoxy) is 1. The van der Waals surface area contributed by atoms with Gasteiger partial charge in [-0.3, -0.25) is 4.90 Å². The molecule has 0 N–H and O–H groups in total. The molecule has 1 saturated heterocycles. The normalized spacial score (nSPS) is 18.6. The Balaban J connectivity index is 2.09. The molecule has 0 bridgehead atoms. The lowest BCUT2D eigenvalue weighted by Crippen LogP contribution is -2.35. The Labute approximate surface area is 96.3 Å². The Morgan fingerprint density at radius 2 is 1.94 bits per heavy atom. The molecule has 4 nitrogen and oxygen atoms in total. The molecule has 96 valence electrons. The van der Waals surface area contributed by atoms with Crippen molar-refractivity contribution in [2.45, 2.75) is 19.6 Å². The first-order chi connectivity index (χ1) is 7.98. The predicted molar refractivity (Wildman–Crippen MR) is 52.3 cm³/mol. The highest BCUT2D eigenvalue weighted by atomic mass is 19.4. The Bertz CT molecular complexity index is 383. The minimum Gasteiger partial charge on any atom is -0.379 e. The summed E-state index contributed by atoms with van der Waals surface area (Å²) in [5.41, 5.74) is -0.857. The minimum atomic E-state index is -4.45. The highest BCUT2D eigenvalue weighted by Gasteiger charge is 2.38. The fraction of sp³-hybridized carbons (Fsp3) is 0.700. The highest BCUT2D eigenvalue weighted by Crippen LogP contribution is 2.32. The third kappa shape index (κ3) is 2.78. The van der Waals surface area contributed by atoms with E-state index in [4.69, 9.17) is 9.26 Å². The molecule has 0 unspecified atom stereocenters. The van der Waals surface area contributed by atoms with Gasteiger partial charge in [0.15, 0.2) is 11.5 Å². The fourth-order valence-electron chi connectivity index (χ4n) is 1.74. The van der Waals surface area contributed by atoms with Crippen molar-refractivity contribution >= 4 is 0 Å². The second-order valence-electron chi connectivity index (χ2n) is 3.97. The van der Waals surface area contributed by atoms with E-state index in [0.29, 0.717) is 32.8 Å². The summed E-state index contributed by atoms with van der Waals surface area (Å²) >= 11 is 0. The van der Waals surface area contributed by atoms with Crippen LogP contribution >= 0.6 is 0 Å². The van der Waals surface area contributed by atoms with Crippen LogP contribution in [0, 0.1) is 6.92 Å². The van der Waals surface area contributed by atoms with E-state index in [-0.39, 0.29) is 11.3 Å². The van der Waals surface area contributed by atoms with Gasteiger partial charge in [0.25, 0.3) is 0 Å². The average molecular weight is 250 g/mol. The molecule has 1 aromatic rings. The molecule has 1 aliphatic rings. The van der Waals surface area contributed by atoms with Crippen molar-refractivity contribution in [3.63, 3.8) is 0 Å². The summed E-state index contributed by atoms with van der Waals surface area (Å²) < 4.78 is 47.4. The summed E-state index contributed by atoms with van der Waals surface area (Å²) in [7, 11) is 0. The van der Waals surface area contributed by atoms with Crippen LogP contribution in [0.4, 0.5) is 13.2 Å². The number of nitrogens with zero attached hydrogens (tertiary/aromatic N) is 2. The van der Waals surface area contributed by atoms with Crippen LogP contribution in [-0.2, 0) is 17.5 Å². The van der Waals surface area contributed by atoms with Crippen LogP contribution in [0.2, 0.25) is 0 Å². The SMILES string of the molecule is Cc1c(C(F)(F)F)noc1CN1CCOCC1. The molecule has 0 radical (unpaired) electrons. The molecule has 7 heteroatoms. The molecule has 1 fully saturated rings. The second kappa shape index (κ2) is 4.66. The third-order valence-corrected chi connectivity index (χ3v) is 2.76. The molecule has 0 atom stereocenters. The topological polar surface area (TPSA) is 38.5 Å². The Morgan fingerprint density at radius 1 is 1.29 bits per heavy atom. The summed E-state index contributed by atoms with van der Waals surface area (Å²) in [6.07, 6.45) is -4.45. The van der Waals surface area contributed by atoms with Crippen molar-refractivity contribution in [3.05, 3.63) is 17.0 Å². The Morgan fingerprint density at radius 3 is 2.47 bits per heavy atom.